The molecule has 92 valence electrons. The molecule has 0 aliphatic rings. The number of pyridine rings is 1. The molecule has 0 aliphatic carbocycles. The van der Waals surface area contributed by atoms with Gasteiger partial charge in [0.25, 0.3) is 5.56 Å². The second-order valence-electron chi connectivity index (χ2n) is 4.63. The third kappa shape index (κ3) is 1.29. The summed E-state index contributed by atoms with van der Waals surface area (Å²) in [7, 11) is 1.74. The molecule has 0 saturated heterocycles. The number of phenolic OH excluding ortho intramolecular Hbond substituents is 1. The van der Waals surface area contributed by atoms with Crippen molar-refractivity contribution in [2.75, 3.05) is 0 Å². The van der Waals surface area contributed by atoms with E-state index in [4.69, 9.17) is 4.42 Å². The Kier molecular flexibility index (Phi) is 2.05. The fourth-order valence-electron chi connectivity index (χ4n) is 2.20. The van der Waals surface area contributed by atoms with E-state index in [0.29, 0.717) is 16.6 Å². The van der Waals surface area contributed by atoms with Crippen molar-refractivity contribution in [1.82, 2.24) is 4.57 Å². The number of furan rings is 1. The van der Waals surface area contributed by atoms with E-state index in [2.05, 4.69) is 0 Å². The Morgan fingerprint density at radius 3 is 2.61 bits per heavy atom. The van der Waals surface area contributed by atoms with Crippen LogP contribution in [0.2, 0.25) is 0 Å². The molecule has 0 spiro atoms. The number of hydrogen-bond acceptors (Lipinski definition) is 3. The highest BCUT2D eigenvalue weighted by atomic mass is 16.3. The van der Waals surface area contributed by atoms with E-state index in [1.54, 1.807) is 30.7 Å². The molecule has 2 aromatic heterocycles. The number of nitrogens with zero attached hydrogens (tertiary/aromatic N) is 1. The van der Waals surface area contributed by atoms with E-state index in [-0.39, 0.29) is 11.3 Å². The van der Waals surface area contributed by atoms with Crippen LogP contribution < -0.4 is 5.56 Å². The van der Waals surface area contributed by atoms with Gasteiger partial charge in [0.05, 0.1) is 5.39 Å². The Morgan fingerprint density at radius 2 is 1.89 bits per heavy atom. The second-order valence-corrected chi connectivity index (χ2v) is 4.63. The van der Waals surface area contributed by atoms with Crippen LogP contribution in [0.4, 0.5) is 0 Å². The van der Waals surface area contributed by atoms with Crippen LogP contribution in [-0.2, 0) is 7.05 Å². The quantitative estimate of drug-likeness (QED) is 0.660. The first kappa shape index (κ1) is 10.9. The van der Waals surface area contributed by atoms with Crippen LogP contribution in [0, 0.1) is 13.8 Å². The van der Waals surface area contributed by atoms with Crippen LogP contribution in [0.25, 0.3) is 21.9 Å². The fraction of sp³-hybridized carbons (Fsp3) is 0.214. The average molecular weight is 243 g/mol. The maximum absolute atomic E-state index is 12.3. The topological polar surface area (TPSA) is 55.4 Å². The molecule has 0 unspecified atom stereocenters. The summed E-state index contributed by atoms with van der Waals surface area (Å²) < 4.78 is 7.23. The summed E-state index contributed by atoms with van der Waals surface area (Å²) in [5, 5.41) is 11.0. The molecule has 0 aliphatic heterocycles. The van der Waals surface area contributed by atoms with Gasteiger partial charge in [-0.25, -0.2) is 0 Å². The van der Waals surface area contributed by atoms with E-state index >= 15 is 0 Å². The van der Waals surface area contributed by atoms with Crippen molar-refractivity contribution in [3.8, 4) is 5.75 Å². The van der Waals surface area contributed by atoms with Crippen molar-refractivity contribution in [1.29, 1.82) is 0 Å². The fourth-order valence-corrected chi connectivity index (χ4v) is 2.20. The summed E-state index contributed by atoms with van der Waals surface area (Å²) in [5.41, 5.74) is 2.60. The summed E-state index contributed by atoms with van der Waals surface area (Å²) in [6, 6.07) is 5.18. The van der Waals surface area contributed by atoms with Gasteiger partial charge in [-0.3, -0.25) is 4.79 Å². The van der Waals surface area contributed by atoms with Gasteiger partial charge >= 0.3 is 0 Å². The Morgan fingerprint density at radius 1 is 1.17 bits per heavy atom. The molecule has 0 bridgehead atoms. The standard InChI is InChI=1S/C14H13NO3/c1-7-4-9-11(6-10(7)16)18-12-5-8(2)15(3)14(17)13(9)12/h4-6,16H,1-3H3. The molecule has 1 N–H and O–H groups in total. The third-order valence-corrected chi connectivity index (χ3v) is 3.42. The molecule has 2 heterocycles. The highest BCUT2D eigenvalue weighted by Crippen LogP contribution is 2.31. The number of aryl methyl sites for hydroxylation is 2. The van der Waals surface area contributed by atoms with E-state index in [9.17, 15) is 9.90 Å². The lowest BCUT2D eigenvalue weighted by molar-refractivity contribution is 0.470. The lowest BCUT2D eigenvalue weighted by Crippen LogP contribution is -2.18. The van der Waals surface area contributed by atoms with E-state index in [0.717, 1.165) is 16.6 Å². The summed E-state index contributed by atoms with van der Waals surface area (Å²) in [6.45, 7) is 3.66. The lowest BCUT2D eigenvalue weighted by atomic mass is 10.1. The first-order chi connectivity index (χ1) is 8.49. The lowest BCUT2D eigenvalue weighted by Gasteiger charge is -2.02. The van der Waals surface area contributed by atoms with Crippen molar-refractivity contribution < 1.29 is 9.52 Å². The number of fused-ring (bicyclic) bond motifs is 3. The molecule has 0 saturated carbocycles. The predicted octanol–water partition coefficient (Wildman–Crippen LogP) is 2.61. The van der Waals surface area contributed by atoms with Gasteiger partial charge in [0.2, 0.25) is 0 Å². The molecular weight excluding hydrogens is 230 g/mol. The van der Waals surface area contributed by atoms with E-state index in [1.807, 2.05) is 13.0 Å². The molecule has 3 rings (SSSR count). The maximum Gasteiger partial charge on any atom is 0.262 e. The molecule has 0 fully saturated rings. The molecule has 0 radical (unpaired) electrons. The van der Waals surface area contributed by atoms with Crippen molar-refractivity contribution in [2.45, 2.75) is 13.8 Å². The monoisotopic (exact) mass is 243 g/mol. The van der Waals surface area contributed by atoms with Crippen molar-refractivity contribution in [3.63, 3.8) is 0 Å². The Bertz CT molecular complexity index is 840. The van der Waals surface area contributed by atoms with Crippen LogP contribution in [0.5, 0.6) is 5.75 Å². The SMILES string of the molecule is Cc1cc2c(cc1O)oc1cc(C)n(C)c(=O)c12. The van der Waals surface area contributed by atoms with Gasteiger partial charge in [-0.1, -0.05) is 0 Å². The highest BCUT2D eigenvalue weighted by molar-refractivity contribution is 6.05. The molecule has 4 heteroatoms. The van der Waals surface area contributed by atoms with Crippen LogP contribution in [0.3, 0.4) is 0 Å². The van der Waals surface area contributed by atoms with Crippen molar-refractivity contribution >= 4 is 21.9 Å². The van der Waals surface area contributed by atoms with Gasteiger partial charge in [-0.05, 0) is 25.5 Å². The predicted molar refractivity (Wildman–Crippen MR) is 70.1 cm³/mol. The molecule has 4 nitrogen and oxygen atoms in total. The number of hydrogen-bond donors (Lipinski definition) is 1. The summed E-state index contributed by atoms with van der Waals surface area (Å²) >= 11 is 0. The molecule has 0 atom stereocenters. The maximum atomic E-state index is 12.3. The zero-order valence-corrected chi connectivity index (χ0v) is 10.4. The zero-order valence-electron chi connectivity index (χ0n) is 10.4. The van der Waals surface area contributed by atoms with E-state index in [1.165, 1.54) is 0 Å². The summed E-state index contributed by atoms with van der Waals surface area (Å²) in [5.74, 6) is 0.176. The third-order valence-electron chi connectivity index (χ3n) is 3.42. The van der Waals surface area contributed by atoms with Gasteiger partial charge in [0.1, 0.15) is 16.9 Å². The first-order valence-electron chi connectivity index (χ1n) is 5.71. The number of rotatable bonds is 0. The number of benzene rings is 1. The van der Waals surface area contributed by atoms with Crippen LogP contribution in [0.1, 0.15) is 11.3 Å². The summed E-state index contributed by atoms with van der Waals surface area (Å²) in [4.78, 5) is 12.3. The molecule has 18 heavy (non-hydrogen) atoms. The number of phenols is 1. The van der Waals surface area contributed by atoms with Crippen LogP contribution >= 0.6 is 0 Å². The van der Waals surface area contributed by atoms with Gasteiger partial charge in [0.15, 0.2) is 0 Å². The molecule has 1 aromatic carbocycles. The van der Waals surface area contributed by atoms with Gasteiger partial charge in [0, 0.05) is 30.3 Å². The molecule has 0 amide bonds. The largest absolute Gasteiger partial charge is 0.508 e. The molecule has 3 aromatic rings. The Hall–Kier alpha value is -2.23. The number of aromatic hydroxyl groups is 1. The minimum Gasteiger partial charge on any atom is -0.508 e. The minimum absolute atomic E-state index is 0.0751. The van der Waals surface area contributed by atoms with E-state index < -0.39 is 0 Å². The Labute approximate surface area is 103 Å². The highest BCUT2D eigenvalue weighted by Gasteiger charge is 2.14. The van der Waals surface area contributed by atoms with Crippen molar-refractivity contribution in [2.24, 2.45) is 7.05 Å². The first-order valence-corrected chi connectivity index (χ1v) is 5.71. The van der Waals surface area contributed by atoms with Gasteiger partial charge in [-0.2, -0.15) is 0 Å². The number of aromatic nitrogens is 1. The molecular formula is C14H13NO3. The minimum atomic E-state index is -0.0751. The zero-order chi connectivity index (χ0) is 13.0. The van der Waals surface area contributed by atoms with Crippen LogP contribution in [-0.4, -0.2) is 9.67 Å². The van der Waals surface area contributed by atoms with Crippen LogP contribution in [0.15, 0.2) is 27.4 Å². The van der Waals surface area contributed by atoms with Crippen molar-refractivity contribution in [3.05, 3.63) is 39.8 Å². The Balaban J connectivity index is 2.62. The smallest absolute Gasteiger partial charge is 0.262 e. The van der Waals surface area contributed by atoms with Gasteiger partial charge < -0.3 is 14.1 Å². The second kappa shape index (κ2) is 3.38. The normalized spacial score (nSPS) is 11.5. The average Bonchev–Trinajstić information content (AvgIpc) is 2.64. The van der Waals surface area contributed by atoms with Gasteiger partial charge in [-0.15, -0.1) is 0 Å². The summed E-state index contributed by atoms with van der Waals surface area (Å²) in [6.07, 6.45) is 0.